The molecule has 3 heteroatoms. The first-order chi connectivity index (χ1) is 10.6. The van der Waals surface area contributed by atoms with Gasteiger partial charge in [-0.25, -0.2) is 4.39 Å². The number of hydrogen-bond acceptors (Lipinski definition) is 2. The van der Waals surface area contributed by atoms with Gasteiger partial charge in [0, 0.05) is 17.1 Å². The molecule has 2 aliphatic carbocycles. The second-order valence-electron chi connectivity index (χ2n) is 7.35. The van der Waals surface area contributed by atoms with Crippen molar-refractivity contribution < 1.29 is 4.39 Å². The highest BCUT2D eigenvalue weighted by Gasteiger charge is 2.40. The monoisotopic (exact) mass is 298 g/mol. The van der Waals surface area contributed by atoms with E-state index in [1.807, 2.05) is 6.20 Å². The molecule has 2 aromatic rings. The van der Waals surface area contributed by atoms with Crippen molar-refractivity contribution in [3.63, 3.8) is 0 Å². The summed E-state index contributed by atoms with van der Waals surface area (Å²) in [6.07, 6.45) is 10.4. The molecule has 0 atom stereocenters. The van der Waals surface area contributed by atoms with Crippen molar-refractivity contribution in [2.24, 2.45) is 11.7 Å². The molecule has 0 saturated heterocycles. The molecular weight excluding hydrogens is 275 g/mol. The third-order valence-electron chi connectivity index (χ3n) is 5.61. The van der Waals surface area contributed by atoms with Crippen LogP contribution in [0.3, 0.4) is 0 Å². The first-order valence-corrected chi connectivity index (χ1v) is 8.46. The molecule has 2 saturated carbocycles. The van der Waals surface area contributed by atoms with Gasteiger partial charge in [0.15, 0.2) is 0 Å². The summed E-state index contributed by atoms with van der Waals surface area (Å²) in [6, 6.07) is 7.00. The third-order valence-corrected chi connectivity index (χ3v) is 5.61. The first kappa shape index (κ1) is 14.1. The maximum atomic E-state index is 13.6. The van der Waals surface area contributed by atoms with Gasteiger partial charge in [0.2, 0.25) is 0 Å². The van der Waals surface area contributed by atoms with Crippen LogP contribution in [-0.4, -0.2) is 10.5 Å². The van der Waals surface area contributed by atoms with E-state index in [1.54, 1.807) is 12.1 Å². The van der Waals surface area contributed by atoms with Crippen LogP contribution in [0.5, 0.6) is 0 Å². The minimum atomic E-state index is -0.172. The van der Waals surface area contributed by atoms with E-state index in [2.05, 4.69) is 11.1 Å². The number of benzene rings is 1. The quantitative estimate of drug-likeness (QED) is 0.904. The van der Waals surface area contributed by atoms with Gasteiger partial charge in [0.1, 0.15) is 5.82 Å². The topological polar surface area (TPSA) is 38.9 Å². The highest BCUT2D eigenvalue weighted by atomic mass is 19.1. The molecule has 2 nitrogen and oxygen atoms in total. The van der Waals surface area contributed by atoms with Crippen LogP contribution in [0.15, 0.2) is 30.5 Å². The molecule has 0 bridgehead atoms. The largest absolute Gasteiger partial charge is 0.325 e. The van der Waals surface area contributed by atoms with Crippen molar-refractivity contribution >= 4 is 10.9 Å². The van der Waals surface area contributed by atoms with Gasteiger partial charge in [-0.15, -0.1) is 0 Å². The van der Waals surface area contributed by atoms with Crippen LogP contribution in [0.2, 0.25) is 0 Å². The summed E-state index contributed by atoms with van der Waals surface area (Å²) in [4.78, 5) is 4.37. The normalized spacial score (nSPS) is 27.0. The van der Waals surface area contributed by atoms with E-state index in [1.165, 1.54) is 56.6 Å². The zero-order chi connectivity index (χ0) is 15.2. The summed E-state index contributed by atoms with van der Waals surface area (Å²) in [6.45, 7) is 0. The van der Waals surface area contributed by atoms with E-state index in [0.29, 0.717) is 5.92 Å². The van der Waals surface area contributed by atoms with Crippen molar-refractivity contribution in [2.75, 3.05) is 0 Å². The van der Waals surface area contributed by atoms with Gasteiger partial charge in [0.05, 0.1) is 5.52 Å². The van der Waals surface area contributed by atoms with Gasteiger partial charge in [-0.05, 0) is 86.6 Å². The minimum Gasteiger partial charge on any atom is -0.325 e. The fourth-order valence-electron chi connectivity index (χ4n) is 4.11. The zero-order valence-corrected chi connectivity index (χ0v) is 12.9. The SMILES string of the molecule is NC1(CC2CCC(c3ccnc4ccc(F)cc34)CC2)CC1. The average Bonchev–Trinajstić information content (AvgIpc) is 3.24. The first-order valence-electron chi connectivity index (χ1n) is 8.46. The van der Waals surface area contributed by atoms with Crippen molar-refractivity contribution in [1.29, 1.82) is 0 Å². The predicted octanol–water partition coefficient (Wildman–Crippen LogP) is 4.53. The van der Waals surface area contributed by atoms with Gasteiger partial charge in [-0.3, -0.25) is 4.98 Å². The van der Waals surface area contributed by atoms with E-state index in [0.717, 1.165) is 16.8 Å². The van der Waals surface area contributed by atoms with Crippen LogP contribution in [0, 0.1) is 11.7 Å². The van der Waals surface area contributed by atoms with Crippen LogP contribution in [0.25, 0.3) is 10.9 Å². The van der Waals surface area contributed by atoms with Crippen molar-refractivity contribution in [3.8, 4) is 0 Å². The minimum absolute atomic E-state index is 0.171. The third kappa shape index (κ3) is 2.74. The van der Waals surface area contributed by atoms with Gasteiger partial charge < -0.3 is 5.73 Å². The Morgan fingerprint density at radius 2 is 1.91 bits per heavy atom. The van der Waals surface area contributed by atoms with Crippen molar-refractivity contribution in [3.05, 3.63) is 41.8 Å². The van der Waals surface area contributed by atoms with Gasteiger partial charge in [-0.2, -0.15) is 0 Å². The molecule has 0 amide bonds. The molecule has 1 aromatic carbocycles. The van der Waals surface area contributed by atoms with E-state index >= 15 is 0 Å². The molecule has 0 radical (unpaired) electrons. The molecule has 2 fully saturated rings. The summed E-state index contributed by atoms with van der Waals surface area (Å²) in [7, 11) is 0. The highest BCUT2D eigenvalue weighted by Crippen LogP contribution is 2.45. The summed E-state index contributed by atoms with van der Waals surface area (Å²) in [5.74, 6) is 1.15. The molecule has 0 unspecified atom stereocenters. The van der Waals surface area contributed by atoms with E-state index in [4.69, 9.17) is 5.73 Å². The Hall–Kier alpha value is -1.48. The van der Waals surface area contributed by atoms with E-state index in [-0.39, 0.29) is 11.4 Å². The molecule has 2 aliphatic rings. The van der Waals surface area contributed by atoms with Gasteiger partial charge in [-0.1, -0.05) is 0 Å². The Morgan fingerprint density at radius 1 is 1.14 bits per heavy atom. The maximum absolute atomic E-state index is 13.6. The molecule has 4 rings (SSSR count). The maximum Gasteiger partial charge on any atom is 0.123 e. The second-order valence-corrected chi connectivity index (χ2v) is 7.35. The lowest BCUT2D eigenvalue weighted by atomic mass is 9.75. The van der Waals surface area contributed by atoms with E-state index < -0.39 is 0 Å². The van der Waals surface area contributed by atoms with Gasteiger partial charge >= 0.3 is 0 Å². The van der Waals surface area contributed by atoms with Crippen molar-refractivity contribution in [1.82, 2.24) is 4.98 Å². The Bertz CT molecular complexity index is 685. The number of halogens is 1. The number of hydrogen-bond donors (Lipinski definition) is 1. The Kier molecular flexibility index (Phi) is 3.41. The Balaban J connectivity index is 1.52. The molecular formula is C19H23FN2. The Morgan fingerprint density at radius 3 is 2.64 bits per heavy atom. The molecule has 2 N–H and O–H groups in total. The number of rotatable bonds is 3. The molecule has 1 aromatic heterocycles. The van der Waals surface area contributed by atoms with Crippen LogP contribution in [0.4, 0.5) is 4.39 Å². The number of nitrogens with zero attached hydrogens (tertiary/aromatic N) is 1. The molecule has 116 valence electrons. The smallest absolute Gasteiger partial charge is 0.123 e. The lowest BCUT2D eigenvalue weighted by Crippen LogP contribution is -2.27. The Labute approximate surface area is 130 Å². The van der Waals surface area contributed by atoms with Gasteiger partial charge in [0.25, 0.3) is 0 Å². The summed E-state index contributed by atoms with van der Waals surface area (Å²) in [5, 5.41) is 0.989. The number of nitrogens with two attached hydrogens (primary N) is 1. The highest BCUT2D eigenvalue weighted by molar-refractivity contribution is 5.82. The fourth-order valence-corrected chi connectivity index (χ4v) is 4.11. The number of fused-ring (bicyclic) bond motifs is 1. The molecule has 0 spiro atoms. The molecule has 1 heterocycles. The summed E-state index contributed by atoms with van der Waals surface area (Å²) >= 11 is 0. The number of aromatic nitrogens is 1. The average molecular weight is 298 g/mol. The van der Waals surface area contributed by atoms with Crippen LogP contribution < -0.4 is 5.73 Å². The standard InChI is InChI=1S/C19H23FN2/c20-15-5-6-18-17(11-15)16(7-10-22-18)14-3-1-13(2-4-14)12-19(21)8-9-19/h5-7,10-11,13-14H,1-4,8-9,12,21H2. The lowest BCUT2D eigenvalue weighted by Gasteiger charge is -2.30. The summed E-state index contributed by atoms with van der Waals surface area (Å²) in [5.41, 5.74) is 8.61. The van der Waals surface area contributed by atoms with Crippen LogP contribution >= 0.6 is 0 Å². The van der Waals surface area contributed by atoms with E-state index in [9.17, 15) is 4.39 Å². The lowest BCUT2D eigenvalue weighted by molar-refractivity contribution is 0.288. The van der Waals surface area contributed by atoms with Crippen molar-refractivity contribution in [2.45, 2.75) is 56.4 Å². The molecule has 22 heavy (non-hydrogen) atoms. The second kappa shape index (κ2) is 5.31. The predicted molar refractivity (Wildman–Crippen MR) is 87.2 cm³/mol. The zero-order valence-electron chi connectivity index (χ0n) is 12.9. The molecule has 0 aliphatic heterocycles. The fraction of sp³-hybridized carbons (Fsp3) is 0.526. The van der Waals surface area contributed by atoms with Crippen LogP contribution in [0.1, 0.15) is 56.4 Å². The number of pyridine rings is 1. The summed E-state index contributed by atoms with van der Waals surface area (Å²) < 4.78 is 13.6. The van der Waals surface area contributed by atoms with Crippen LogP contribution in [-0.2, 0) is 0 Å².